The Kier molecular flexibility index (Phi) is 3.88. The van der Waals surface area contributed by atoms with E-state index in [0.29, 0.717) is 24.2 Å². The summed E-state index contributed by atoms with van der Waals surface area (Å²) in [5, 5.41) is 19.7. The summed E-state index contributed by atoms with van der Waals surface area (Å²) < 4.78 is 4.12. The van der Waals surface area contributed by atoms with E-state index < -0.39 is 0 Å². The summed E-state index contributed by atoms with van der Waals surface area (Å²) in [6, 6.07) is 1.81. The van der Waals surface area contributed by atoms with E-state index in [-0.39, 0.29) is 5.56 Å². The van der Waals surface area contributed by atoms with Crippen molar-refractivity contribution in [2.45, 2.75) is 13.0 Å². The van der Waals surface area contributed by atoms with Crippen LogP contribution in [0.2, 0.25) is 0 Å². The number of fused-ring (bicyclic) bond motifs is 3. The Labute approximate surface area is 151 Å². The van der Waals surface area contributed by atoms with Gasteiger partial charge in [-0.2, -0.15) is 10.2 Å². The van der Waals surface area contributed by atoms with Crippen molar-refractivity contribution in [2.75, 3.05) is 0 Å². The number of hydrogen-bond donors (Lipinski definition) is 3. The fourth-order valence-electron chi connectivity index (χ4n) is 2.90. The van der Waals surface area contributed by atoms with Crippen LogP contribution in [0.4, 0.5) is 0 Å². The van der Waals surface area contributed by atoms with E-state index >= 15 is 0 Å². The maximum atomic E-state index is 12.9. The third kappa shape index (κ3) is 2.60. The zero-order valence-corrected chi connectivity index (χ0v) is 14.7. The summed E-state index contributed by atoms with van der Waals surface area (Å²) in [7, 11) is 1.83. The first kappa shape index (κ1) is 16.2. The first-order valence-electron chi connectivity index (χ1n) is 7.85. The van der Waals surface area contributed by atoms with Gasteiger partial charge in [0.25, 0.3) is 5.56 Å². The molecule has 0 radical (unpaired) electrons. The minimum Gasteiger partial charge on any atom is -0.402 e. The molecule has 26 heavy (non-hydrogen) atoms. The minimum atomic E-state index is -0.172. The minimum absolute atomic E-state index is 0.172. The van der Waals surface area contributed by atoms with E-state index in [0.717, 1.165) is 32.6 Å². The molecule has 0 aliphatic rings. The molecule has 0 amide bonds. The van der Waals surface area contributed by atoms with Crippen molar-refractivity contribution in [1.82, 2.24) is 29.5 Å². The van der Waals surface area contributed by atoms with Gasteiger partial charge in [0.15, 0.2) is 5.65 Å². The Morgan fingerprint density at radius 3 is 3.08 bits per heavy atom. The zero-order valence-electron chi connectivity index (χ0n) is 13.9. The van der Waals surface area contributed by atoms with E-state index in [2.05, 4.69) is 20.3 Å². The van der Waals surface area contributed by atoms with Crippen LogP contribution in [-0.2, 0) is 20.0 Å². The topological polar surface area (TPSA) is 131 Å². The van der Waals surface area contributed by atoms with Crippen molar-refractivity contribution < 1.29 is 0 Å². The maximum Gasteiger partial charge on any atom is 0.291 e. The standard InChI is InChI=1S/C16H16N8OS/c1-23-13-11(7-20-24(16(13)25)8-10-3-5-19-22-10)14-15(23)21-12(26-14)6-9(18)2-4-17/h2-5,7,17H,6,8,18H2,1H3,(H,19,22). The number of rotatable bonds is 5. The van der Waals surface area contributed by atoms with Gasteiger partial charge in [-0.05, 0) is 12.1 Å². The largest absolute Gasteiger partial charge is 0.402 e. The average molecular weight is 368 g/mol. The second-order valence-electron chi connectivity index (χ2n) is 5.86. The third-order valence-electron chi connectivity index (χ3n) is 4.10. The molecule has 0 fully saturated rings. The molecular weight excluding hydrogens is 352 g/mol. The van der Waals surface area contributed by atoms with E-state index in [1.54, 1.807) is 23.0 Å². The highest BCUT2D eigenvalue weighted by molar-refractivity contribution is 7.19. The lowest BCUT2D eigenvalue weighted by Gasteiger charge is -2.04. The van der Waals surface area contributed by atoms with Gasteiger partial charge in [-0.3, -0.25) is 9.89 Å². The number of aromatic nitrogens is 6. The molecule has 0 aliphatic carbocycles. The molecule has 0 saturated heterocycles. The molecule has 4 aromatic rings. The molecule has 9 nitrogen and oxygen atoms in total. The van der Waals surface area contributed by atoms with Crippen LogP contribution >= 0.6 is 11.3 Å². The molecule has 132 valence electrons. The quantitative estimate of drug-likeness (QED) is 0.455. The summed E-state index contributed by atoms with van der Waals surface area (Å²) >= 11 is 1.49. The van der Waals surface area contributed by atoms with Crippen LogP contribution in [0.25, 0.3) is 21.3 Å². The zero-order chi connectivity index (χ0) is 18.3. The van der Waals surface area contributed by atoms with Gasteiger partial charge >= 0.3 is 0 Å². The van der Waals surface area contributed by atoms with E-state index in [9.17, 15) is 4.79 Å². The highest BCUT2D eigenvalue weighted by Crippen LogP contribution is 2.31. The van der Waals surface area contributed by atoms with E-state index in [1.807, 2.05) is 13.1 Å². The van der Waals surface area contributed by atoms with Crippen molar-refractivity contribution in [3.63, 3.8) is 0 Å². The number of H-pyrrole nitrogens is 1. The lowest BCUT2D eigenvalue weighted by atomic mass is 10.3. The van der Waals surface area contributed by atoms with Crippen LogP contribution in [-0.4, -0.2) is 35.7 Å². The number of allylic oxidation sites excluding steroid dienone is 2. The summed E-state index contributed by atoms with van der Waals surface area (Å²) in [5.41, 5.74) is 8.38. The highest BCUT2D eigenvalue weighted by atomic mass is 32.1. The fraction of sp³-hybridized carbons (Fsp3) is 0.188. The van der Waals surface area contributed by atoms with Crippen LogP contribution < -0.4 is 11.3 Å². The molecule has 4 aromatic heterocycles. The van der Waals surface area contributed by atoms with Gasteiger partial charge in [0.2, 0.25) is 0 Å². The van der Waals surface area contributed by atoms with Crippen LogP contribution in [0.1, 0.15) is 10.7 Å². The molecule has 0 atom stereocenters. The molecule has 0 unspecified atom stereocenters. The number of hydrogen-bond acceptors (Lipinski definition) is 7. The second kappa shape index (κ2) is 6.23. The Morgan fingerprint density at radius 1 is 1.50 bits per heavy atom. The maximum absolute atomic E-state index is 12.9. The monoisotopic (exact) mass is 368 g/mol. The Bertz CT molecular complexity index is 1190. The number of nitrogens with two attached hydrogens (primary N) is 1. The van der Waals surface area contributed by atoms with Gasteiger partial charge < -0.3 is 15.7 Å². The van der Waals surface area contributed by atoms with E-state index in [4.69, 9.17) is 11.1 Å². The molecule has 0 bridgehead atoms. The van der Waals surface area contributed by atoms with Crippen molar-refractivity contribution in [3.05, 3.63) is 51.3 Å². The number of nitrogens with zero attached hydrogens (tertiary/aromatic N) is 5. The summed E-state index contributed by atoms with van der Waals surface area (Å²) in [4.78, 5) is 17.5. The number of aromatic amines is 1. The number of nitrogens with one attached hydrogen (secondary N) is 2. The molecule has 4 rings (SSSR count). The molecule has 0 saturated carbocycles. The molecule has 0 spiro atoms. The van der Waals surface area contributed by atoms with E-state index in [1.165, 1.54) is 16.0 Å². The summed E-state index contributed by atoms with van der Waals surface area (Å²) in [6.07, 6.45) is 6.51. The van der Waals surface area contributed by atoms with Gasteiger partial charge in [-0.1, -0.05) is 0 Å². The van der Waals surface area contributed by atoms with Gasteiger partial charge in [0.1, 0.15) is 10.5 Å². The van der Waals surface area contributed by atoms with Crippen LogP contribution in [0.15, 0.2) is 35.0 Å². The average Bonchev–Trinajstić information content (AvgIpc) is 3.30. The van der Waals surface area contributed by atoms with Crippen LogP contribution in [0, 0.1) is 5.41 Å². The van der Waals surface area contributed by atoms with Crippen LogP contribution in [0.5, 0.6) is 0 Å². The first-order chi connectivity index (χ1) is 12.6. The summed E-state index contributed by atoms with van der Waals surface area (Å²) in [6.45, 7) is 0.331. The number of thiazole rings is 1. The highest BCUT2D eigenvalue weighted by Gasteiger charge is 2.18. The smallest absolute Gasteiger partial charge is 0.291 e. The fourth-order valence-corrected chi connectivity index (χ4v) is 4.04. The third-order valence-corrected chi connectivity index (χ3v) is 5.18. The van der Waals surface area contributed by atoms with Crippen molar-refractivity contribution in [2.24, 2.45) is 12.8 Å². The van der Waals surface area contributed by atoms with Crippen molar-refractivity contribution >= 4 is 38.8 Å². The first-order valence-corrected chi connectivity index (χ1v) is 8.67. The molecule has 4 heterocycles. The lowest BCUT2D eigenvalue weighted by molar-refractivity contribution is 0.631. The normalized spacial score (nSPS) is 12.3. The number of aryl methyl sites for hydroxylation is 1. The van der Waals surface area contributed by atoms with Crippen molar-refractivity contribution in [1.29, 1.82) is 5.41 Å². The SMILES string of the molecule is Cn1c2nc(CC(N)=CC=N)sc2c2cnn(Cc3ccn[nH]3)c(=O)c21. The summed E-state index contributed by atoms with van der Waals surface area (Å²) in [5.74, 6) is 0. The van der Waals surface area contributed by atoms with Crippen LogP contribution in [0.3, 0.4) is 0 Å². The van der Waals surface area contributed by atoms with Gasteiger partial charge in [-0.25, -0.2) is 9.67 Å². The Balaban J connectivity index is 1.81. The molecule has 0 aromatic carbocycles. The molecule has 0 aliphatic heterocycles. The second-order valence-corrected chi connectivity index (χ2v) is 6.94. The predicted molar refractivity (Wildman–Crippen MR) is 101 cm³/mol. The molecular formula is C16H16N8OS. The molecule has 10 heteroatoms. The lowest BCUT2D eigenvalue weighted by Crippen LogP contribution is -2.24. The Hall–Kier alpha value is -3.27. The van der Waals surface area contributed by atoms with Gasteiger partial charge in [0.05, 0.1) is 23.1 Å². The predicted octanol–water partition coefficient (Wildman–Crippen LogP) is 1.15. The van der Waals surface area contributed by atoms with Gasteiger partial charge in [0, 0.05) is 37.0 Å². The Morgan fingerprint density at radius 2 is 2.35 bits per heavy atom. The molecule has 4 N–H and O–H groups in total. The van der Waals surface area contributed by atoms with Gasteiger partial charge in [-0.15, -0.1) is 11.3 Å². The van der Waals surface area contributed by atoms with Crippen molar-refractivity contribution in [3.8, 4) is 0 Å².